The SMILES string of the molecule is CC(=O)O[C@H]1CC2CCC[C@H]2[C@H]2C(=O)OC(=O)C12. The molecule has 0 bridgehead atoms. The topological polar surface area (TPSA) is 69.7 Å². The van der Waals surface area contributed by atoms with Gasteiger partial charge in [-0.1, -0.05) is 12.8 Å². The Bertz CT molecular complexity index is 416. The second-order valence-corrected chi connectivity index (χ2v) is 5.53. The number of cyclic esters (lactones) is 2. The van der Waals surface area contributed by atoms with Gasteiger partial charge >= 0.3 is 17.9 Å². The first-order valence-corrected chi connectivity index (χ1v) is 6.50. The van der Waals surface area contributed by atoms with Crippen LogP contribution in [0, 0.1) is 23.7 Å². The van der Waals surface area contributed by atoms with Gasteiger partial charge < -0.3 is 9.47 Å². The molecule has 0 amide bonds. The van der Waals surface area contributed by atoms with Gasteiger partial charge in [-0.05, 0) is 24.7 Å². The Hall–Kier alpha value is -1.39. The molecule has 0 aromatic heterocycles. The summed E-state index contributed by atoms with van der Waals surface area (Å²) in [6, 6.07) is 0. The molecule has 0 radical (unpaired) electrons. The summed E-state index contributed by atoms with van der Waals surface area (Å²) in [6.07, 6.45) is 3.31. The molecule has 3 fully saturated rings. The van der Waals surface area contributed by atoms with Gasteiger partial charge in [-0.25, -0.2) is 0 Å². The molecule has 2 unspecified atom stereocenters. The van der Waals surface area contributed by atoms with Gasteiger partial charge in [0.05, 0.1) is 5.92 Å². The fourth-order valence-corrected chi connectivity index (χ4v) is 3.96. The molecule has 0 N–H and O–H groups in total. The highest BCUT2D eigenvalue weighted by Crippen LogP contribution is 2.51. The smallest absolute Gasteiger partial charge is 0.321 e. The maximum atomic E-state index is 11.8. The summed E-state index contributed by atoms with van der Waals surface area (Å²) in [5.41, 5.74) is 0. The Morgan fingerprint density at radius 3 is 2.67 bits per heavy atom. The number of carbonyl (C=O) groups is 3. The molecule has 2 aliphatic carbocycles. The van der Waals surface area contributed by atoms with Crippen LogP contribution in [0.15, 0.2) is 0 Å². The maximum Gasteiger partial charge on any atom is 0.321 e. The summed E-state index contributed by atoms with van der Waals surface area (Å²) < 4.78 is 10.00. The largest absolute Gasteiger partial charge is 0.462 e. The third kappa shape index (κ3) is 1.64. The van der Waals surface area contributed by atoms with Gasteiger partial charge in [0.15, 0.2) is 0 Å². The predicted molar refractivity (Wildman–Crippen MR) is 59.1 cm³/mol. The summed E-state index contributed by atoms with van der Waals surface area (Å²) >= 11 is 0. The van der Waals surface area contributed by atoms with Crippen LogP contribution in [-0.4, -0.2) is 24.0 Å². The van der Waals surface area contributed by atoms with Crippen molar-refractivity contribution in [3.8, 4) is 0 Å². The molecular formula is C13H16O5. The van der Waals surface area contributed by atoms with Crippen molar-refractivity contribution in [1.82, 2.24) is 0 Å². The van der Waals surface area contributed by atoms with Gasteiger partial charge in [0.1, 0.15) is 12.0 Å². The molecule has 1 heterocycles. The number of esters is 3. The molecule has 3 aliphatic rings. The van der Waals surface area contributed by atoms with Crippen LogP contribution in [0.1, 0.15) is 32.6 Å². The quantitative estimate of drug-likeness (QED) is 0.515. The number of hydrogen-bond donors (Lipinski definition) is 0. The second kappa shape index (κ2) is 4.07. The molecular weight excluding hydrogens is 236 g/mol. The van der Waals surface area contributed by atoms with Crippen molar-refractivity contribution in [2.75, 3.05) is 0 Å². The lowest BCUT2D eigenvalue weighted by Crippen LogP contribution is -2.44. The number of carbonyl (C=O) groups excluding carboxylic acids is 3. The van der Waals surface area contributed by atoms with E-state index in [2.05, 4.69) is 0 Å². The van der Waals surface area contributed by atoms with Crippen LogP contribution in [0.5, 0.6) is 0 Å². The van der Waals surface area contributed by atoms with Crippen molar-refractivity contribution < 1.29 is 23.9 Å². The van der Waals surface area contributed by atoms with Crippen molar-refractivity contribution >= 4 is 17.9 Å². The van der Waals surface area contributed by atoms with Gasteiger partial charge in [-0.2, -0.15) is 0 Å². The molecule has 1 aliphatic heterocycles. The van der Waals surface area contributed by atoms with Crippen LogP contribution in [0.4, 0.5) is 0 Å². The molecule has 98 valence electrons. The molecule has 3 rings (SSSR count). The van der Waals surface area contributed by atoms with E-state index in [0.717, 1.165) is 19.3 Å². The molecule has 5 atom stereocenters. The molecule has 0 aromatic carbocycles. The van der Waals surface area contributed by atoms with Crippen LogP contribution >= 0.6 is 0 Å². The fraction of sp³-hybridized carbons (Fsp3) is 0.769. The average molecular weight is 252 g/mol. The molecule has 5 nitrogen and oxygen atoms in total. The van der Waals surface area contributed by atoms with Crippen LogP contribution in [0.3, 0.4) is 0 Å². The lowest BCUT2D eigenvalue weighted by Gasteiger charge is -2.37. The van der Waals surface area contributed by atoms with E-state index in [1.54, 1.807) is 0 Å². The molecule has 1 saturated heterocycles. The minimum Gasteiger partial charge on any atom is -0.462 e. The zero-order valence-electron chi connectivity index (χ0n) is 10.3. The first-order chi connectivity index (χ1) is 8.58. The molecule has 0 spiro atoms. The fourth-order valence-electron chi connectivity index (χ4n) is 3.96. The van der Waals surface area contributed by atoms with E-state index in [1.807, 2.05) is 0 Å². The molecule has 18 heavy (non-hydrogen) atoms. The van der Waals surface area contributed by atoms with E-state index in [0.29, 0.717) is 12.3 Å². The average Bonchev–Trinajstić information content (AvgIpc) is 2.82. The normalized spacial score (nSPS) is 42.2. The lowest BCUT2D eigenvalue weighted by molar-refractivity contribution is -0.159. The van der Waals surface area contributed by atoms with E-state index in [4.69, 9.17) is 9.47 Å². The lowest BCUT2D eigenvalue weighted by atomic mass is 9.67. The van der Waals surface area contributed by atoms with Gasteiger partial charge in [0, 0.05) is 6.92 Å². The second-order valence-electron chi connectivity index (χ2n) is 5.53. The number of ether oxygens (including phenoxy) is 2. The minimum atomic E-state index is -0.569. The number of rotatable bonds is 1. The van der Waals surface area contributed by atoms with Crippen molar-refractivity contribution in [3.05, 3.63) is 0 Å². The summed E-state index contributed by atoms with van der Waals surface area (Å²) in [7, 11) is 0. The van der Waals surface area contributed by atoms with E-state index < -0.39 is 29.9 Å². The van der Waals surface area contributed by atoms with Crippen LogP contribution < -0.4 is 0 Å². The first-order valence-electron chi connectivity index (χ1n) is 6.50. The Kier molecular flexibility index (Phi) is 2.64. The van der Waals surface area contributed by atoms with Gasteiger partial charge in [0.2, 0.25) is 0 Å². The maximum absolute atomic E-state index is 11.8. The van der Waals surface area contributed by atoms with E-state index in [-0.39, 0.29) is 11.8 Å². The standard InChI is InChI=1S/C13H16O5/c1-6(14)17-9-5-7-3-2-4-8(7)10-11(9)13(16)18-12(10)15/h7-11H,2-5H2,1H3/t7?,8-,9+,10-,11?/m1/s1. The van der Waals surface area contributed by atoms with Crippen molar-refractivity contribution in [2.24, 2.45) is 23.7 Å². The van der Waals surface area contributed by atoms with Crippen LogP contribution in [-0.2, 0) is 23.9 Å². The van der Waals surface area contributed by atoms with Crippen LogP contribution in [0.25, 0.3) is 0 Å². The Balaban J connectivity index is 1.91. The van der Waals surface area contributed by atoms with Crippen molar-refractivity contribution in [2.45, 2.75) is 38.7 Å². The highest BCUT2D eigenvalue weighted by Gasteiger charge is 2.59. The summed E-state index contributed by atoms with van der Waals surface area (Å²) in [4.78, 5) is 34.7. The predicted octanol–water partition coefficient (Wildman–Crippen LogP) is 1.05. The zero-order chi connectivity index (χ0) is 12.9. The molecule has 5 heteroatoms. The van der Waals surface area contributed by atoms with Gasteiger partial charge in [0.25, 0.3) is 0 Å². The van der Waals surface area contributed by atoms with Crippen LogP contribution in [0.2, 0.25) is 0 Å². The van der Waals surface area contributed by atoms with Gasteiger partial charge in [-0.3, -0.25) is 14.4 Å². The summed E-state index contributed by atoms with van der Waals surface area (Å²) in [5, 5.41) is 0. The third-order valence-corrected chi connectivity index (χ3v) is 4.56. The Morgan fingerprint density at radius 2 is 1.94 bits per heavy atom. The first kappa shape index (κ1) is 11.7. The number of fused-ring (bicyclic) bond motifs is 3. The van der Waals surface area contributed by atoms with E-state index in [1.165, 1.54) is 6.92 Å². The number of hydrogen-bond acceptors (Lipinski definition) is 5. The minimum absolute atomic E-state index is 0.237. The molecule has 0 aromatic rings. The Morgan fingerprint density at radius 1 is 1.22 bits per heavy atom. The monoisotopic (exact) mass is 252 g/mol. The Labute approximate surface area is 105 Å². The zero-order valence-corrected chi connectivity index (χ0v) is 10.3. The third-order valence-electron chi connectivity index (χ3n) is 4.56. The summed E-state index contributed by atoms with van der Waals surface area (Å²) in [6.45, 7) is 1.33. The summed E-state index contributed by atoms with van der Waals surface area (Å²) in [5.74, 6) is -1.67. The van der Waals surface area contributed by atoms with E-state index >= 15 is 0 Å². The van der Waals surface area contributed by atoms with Gasteiger partial charge in [-0.15, -0.1) is 0 Å². The van der Waals surface area contributed by atoms with Crippen molar-refractivity contribution in [3.63, 3.8) is 0 Å². The molecule has 2 saturated carbocycles. The van der Waals surface area contributed by atoms with Crippen molar-refractivity contribution in [1.29, 1.82) is 0 Å². The van der Waals surface area contributed by atoms with E-state index in [9.17, 15) is 14.4 Å². The highest BCUT2D eigenvalue weighted by molar-refractivity contribution is 5.97. The highest BCUT2D eigenvalue weighted by atomic mass is 16.6.